The van der Waals surface area contributed by atoms with E-state index in [2.05, 4.69) is 119 Å². The number of ether oxygens (including phenoxy) is 2. The van der Waals surface area contributed by atoms with Crippen LogP contribution < -0.4 is 4.74 Å². The third-order valence-electron chi connectivity index (χ3n) is 9.79. The molecule has 0 bridgehead atoms. The smallest absolute Gasteiger partial charge is 0.306 e. The van der Waals surface area contributed by atoms with Crippen LogP contribution in [0.15, 0.2) is 110 Å². The van der Waals surface area contributed by atoms with Gasteiger partial charge in [0, 0.05) is 31.3 Å². The predicted molar refractivity (Wildman–Crippen MR) is 214 cm³/mol. The Morgan fingerprint density at radius 3 is 1.84 bits per heavy atom. The summed E-state index contributed by atoms with van der Waals surface area (Å²) in [6.45, 7) is 14.8. The van der Waals surface area contributed by atoms with Crippen LogP contribution in [0.3, 0.4) is 0 Å². The highest BCUT2D eigenvalue weighted by Gasteiger charge is 2.42. The lowest BCUT2D eigenvalue weighted by atomic mass is 9.71. The van der Waals surface area contributed by atoms with Crippen LogP contribution in [-0.4, -0.2) is 18.7 Å². The van der Waals surface area contributed by atoms with Gasteiger partial charge in [-0.25, -0.2) is 0 Å². The van der Waals surface area contributed by atoms with Gasteiger partial charge in [-0.05, 0) is 151 Å². The topological polar surface area (TPSA) is 35.5 Å². The highest BCUT2D eigenvalue weighted by molar-refractivity contribution is 7.18. The fourth-order valence-corrected chi connectivity index (χ4v) is 9.29. The van der Waals surface area contributed by atoms with E-state index in [0.29, 0.717) is 13.0 Å². The average molecular weight is 701 g/mol. The molecule has 0 unspecified atom stereocenters. The normalized spacial score (nSPS) is 12.8. The van der Waals surface area contributed by atoms with Gasteiger partial charge in [-0.3, -0.25) is 4.79 Å². The Hall–Kier alpha value is -4.19. The number of esters is 1. The second kappa shape index (κ2) is 16.2. The lowest BCUT2D eigenvalue weighted by Gasteiger charge is -2.32. The number of thiophene rings is 2. The molecule has 0 fully saturated rings. The molecule has 0 saturated heterocycles. The van der Waals surface area contributed by atoms with Gasteiger partial charge in [-0.15, -0.1) is 22.7 Å². The van der Waals surface area contributed by atoms with Crippen LogP contribution in [0.5, 0.6) is 5.75 Å². The fraction of sp³-hybridized carbons (Fsp3) is 0.311. The number of unbranched alkanes of at least 4 members (excludes halogenated alkanes) is 2. The second-order valence-electron chi connectivity index (χ2n) is 13.3. The predicted octanol–water partition coefficient (Wildman–Crippen LogP) is 13.2. The summed E-state index contributed by atoms with van der Waals surface area (Å²) in [5.74, 6) is 0.646. The lowest BCUT2D eigenvalue weighted by Crippen LogP contribution is -2.25. The van der Waals surface area contributed by atoms with Crippen LogP contribution >= 0.6 is 22.7 Å². The van der Waals surface area contributed by atoms with E-state index in [1.54, 1.807) is 12.2 Å². The van der Waals surface area contributed by atoms with Crippen molar-refractivity contribution < 1.29 is 14.3 Å². The van der Waals surface area contributed by atoms with Crippen LogP contribution in [0.2, 0.25) is 0 Å². The molecular weight excluding hydrogens is 653 g/mol. The summed E-state index contributed by atoms with van der Waals surface area (Å²) in [7, 11) is 0. The quantitative estimate of drug-likeness (QED) is 0.0550. The van der Waals surface area contributed by atoms with Crippen molar-refractivity contribution in [3.8, 4) is 48.2 Å². The van der Waals surface area contributed by atoms with Crippen molar-refractivity contribution in [2.45, 2.75) is 83.7 Å². The van der Waals surface area contributed by atoms with Gasteiger partial charge >= 0.3 is 5.97 Å². The summed E-state index contributed by atoms with van der Waals surface area (Å²) < 4.78 is 11.3. The molecule has 1 aliphatic rings. The maximum absolute atomic E-state index is 11.9. The molecule has 258 valence electrons. The third kappa shape index (κ3) is 7.60. The molecule has 0 aliphatic heterocycles. The minimum Gasteiger partial charge on any atom is -0.494 e. The molecule has 2 heterocycles. The van der Waals surface area contributed by atoms with Crippen molar-refractivity contribution in [1.82, 2.24) is 0 Å². The molecule has 0 saturated carbocycles. The first kappa shape index (κ1) is 35.6. The molecular formula is C45H48O3S2. The van der Waals surface area contributed by atoms with Gasteiger partial charge in [0.2, 0.25) is 0 Å². The molecule has 0 amide bonds. The summed E-state index contributed by atoms with van der Waals surface area (Å²) in [6.07, 6.45) is 10.3. The van der Waals surface area contributed by atoms with Crippen molar-refractivity contribution in [2.24, 2.45) is 0 Å². The third-order valence-corrected chi connectivity index (χ3v) is 12.0. The van der Waals surface area contributed by atoms with Gasteiger partial charge in [0.05, 0.1) is 6.61 Å². The molecule has 5 aromatic rings. The average Bonchev–Trinajstić information content (AvgIpc) is 3.87. The Kier molecular flexibility index (Phi) is 11.6. The van der Waals surface area contributed by atoms with E-state index in [1.807, 2.05) is 22.7 Å². The zero-order valence-corrected chi connectivity index (χ0v) is 31.3. The number of fused-ring (bicyclic) bond motifs is 3. The zero-order chi connectivity index (χ0) is 35.1. The Bertz CT molecular complexity index is 1930. The molecule has 5 heteroatoms. The Morgan fingerprint density at radius 1 is 0.720 bits per heavy atom. The SMILES string of the molecule is C=CC(C=C)OC(=O)CCCCCOc1ccc(-c2ccc(-c3ccc4c(c3)C(CCC)(CCC)c3cc(-c5ccc(C)s5)ccc3-4)s2)cc1. The van der Waals surface area contributed by atoms with Gasteiger partial charge in [0.25, 0.3) is 0 Å². The second-order valence-corrected chi connectivity index (χ2v) is 15.7. The number of carbonyl (C=O) groups excluding carboxylic acids is 1. The first-order chi connectivity index (χ1) is 24.4. The van der Waals surface area contributed by atoms with Crippen LogP contribution in [0.25, 0.3) is 42.4 Å². The highest BCUT2D eigenvalue weighted by atomic mass is 32.1. The molecule has 0 atom stereocenters. The first-order valence-electron chi connectivity index (χ1n) is 18.0. The zero-order valence-electron chi connectivity index (χ0n) is 29.6. The minimum atomic E-state index is -0.418. The molecule has 2 aromatic heterocycles. The maximum Gasteiger partial charge on any atom is 0.306 e. The van der Waals surface area contributed by atoms with Crippen molar-refractivity contribution in [2.75, 3.05) is 6.61 Å². The van der Waals surface area contributed by atoms with E-state index in [-0.39, 0.29) is 11.4 Å². The van der Waals surface area contributed by atoms with Crippen molar-refractivity contribution in [3.63, 3.8) is 0 Å². The number of rotatable bonds is 17. The standard InChI is InChI=1S/C45H48O3S2/c1-6-26-45(27-7-2)39-29-33(42-23-14-31(5)49-42)17-21-37(39)38-22-18-34(30-40(38)45)43-25-24-41(50-43)32-15-19-36(20-16-32)47-28-12-10-11-13-44(46)48-35(8-3)9-4/h8-9,14-25,29-30,35H,3-4,6-7,10-13,26-28H2,1-2,5H3. The summed E-state index contributed by atoms with van der Waals surface area (Å²) in [6, 6.07) is 31.8. The Morgan fingerprint density at radius 2 is 1.28 bits per heavy atom. The lowest BCUT2D eigenvalue weighted by molar-refractivity contribution is -0.145. The molecule has 3 aromatic carbocycles. The number of carbonyl (C=O) groups is 1. The Balaban J connectivity index is 1.13. The van der Waals surface area contributed by atoms with E-state index >= 15 is 0 Å². The van der Waals surface area contributed by atoms with Crippen molar-refractivity contribution in [1.29, 1.82) is 0 Å². The van der Waals surface area contributed by atoms with Crippen LogP contribution in [0.1, 0.15) is 81.2 Å². The summed E-state index contributed by atoms with van der Waals surface area (Å²) in [5.41, 5.74) is 9.69. The molecule has 3 nitrogen and oxygen atoms in total. The van der Waals surface area contributed by atoms with E-state index in [9.17, 15) is 4.79 Å². The molecule has 1 aliphatic carbocycles. The molecule has 0 N–H and O–H groups in total. The highest BCUT2D eigenvalue weighted by Crippen LogP contribution is 2.55. The van der Waals surface area contributed by atoms with Crippen LogP contribution in [-0.2, 0) is 14.9 Å². The minimum absolute atomic E-state index is 0.0364. The van der Waals surface area contributed by atoms with E-state index < -0.39 is 6.10 Å². The van der Waals surface area contributed by atoms with E-state index in [1.165, 1.54) is 58.5 Å². The monoisotopic (exact) mass is 700 g/mol. The molecule has 6 rings (SSSR count). The number of benzene rings is 3. The molecule has 0 radical (unpaired) electrons. The first-order valence-corrected chi connectivity index (χ1v) is 19.7. The van der Waals surface area contributed by atoms with Crippen molar-refractivity contribution in [3.05, 3.63) is 126 Å². The van der Waals surface area contributed by atoms with Crippen LogP contribution in [0, 0.1) is 6.92 Å². The largest absolute Gasteiger partial charge is 0.494 e. The van der Waals surface area contributed by atoms with Gasteiger partial charge in [-0.2, -0.15) is 0 Å². The summed E-state index contributed by atoms with van der Waals surface area (Å²) in [4.78, 5) is 17.2. The molecule has 50 heavy (non-hydrogen) atoms. The van der Waals surface area contributed by atoms with E-state index in [4.69, 9.17) is 9.47 Å². The number of hydrogen-bond donors (Lipinski definition) is 0. The van der Waals surface area contributed by atoms with Gasteiger partial charge < -0.3 is 9.47 Å². The van der Waals surface area contributed by atoms with Gasteiger partial charge in [-0.1, -0.05) is 64.1 Å². The van der Waals surface area contributed by atoms with Crippen molar-refractivity contribution >= 4 is 28.6 Å². The number of aryl methyl sites for hydroxylation is 1. The van der Waals surface area contributed by atoms with Crippen LogP contribution in [0.4, 0.5) is 0 Å². The summed E-state index contributed by atoms with van der Waals surface area (Å²) >= 11 is 3.73. The van der Waals surface area contributed by atoms with E-state index in [0.717, 1.165) is 50.7 Å². The van der Waals surface area contributed by atoms with Gasteiger partial charge in [0.15, 0.2) is 0 Å². The van der Waals surface area contributed by atoms with Gasteiger partial charge in [0.1, 0.15) is 11.9 Å². The maximum atomic E-state index is 11.9. The number of hydrogen-bond acceptors (Lipinski definition) is 5. The fourth-order valence-electron chi connectivity index (χ4n) is 7.41. The Labute approximate surface area is 306 Å². The molecule has 0 spiro atoms. The summed E-state index contributed by atoms with van der Waals surface area (Å²) in [5, 5.41) is 0.